The molecule has 0 unspecified atom stereocenters. The minimum Gasteiger partial charge on any atom is -0.417 e. The first-order chi connectivity index (χ1) is 8.04. The SMILES string of the molecule is COn1cc(C(N)=O)c2cc(C(N)=O)ncc21. The minimum absolute atomic E-state index is 0.0638. The van der Waals surface area contributed by atoms with E-state index in [1.807, 2.05) is 0 Å². The van der Waals surface area contributed by atoms with E-state index in [-0.39, 0.29) is 11.3 Å². The maximum atomic E-state index is 11.2. The van der Waals surface area contributed by atoms with Crippen LogP contribution in [0.15, 0.2) is 18.5 Å². The maximum absolute atomic E-state index is 11.2. The largest absolute Gasteiger partial charge is 0.417 e. The van der Waals surface area contributed by atoms with E-state index in [9.17, 15) is 9.59 Å². The molecule has 0 aliphatic rings. The van der Waals surface area contributed by atoms with Gasteiger partial charge in [0, 0.05) is 5.39 Å². The number of pyridine rings is 1. The zero-order chi connectivity index (χ0) is 12.6. The first-order valence-corrected chi connectivity index (χ1v) is 4.69. The zero-order valence-electron chi connectivity index (χ0n) is 9.01. The Hall–Kier alpha value is -2.57. The number of nitrogens with zero attached hydrogens (tertiary/aromatic N) is 2. The Balaban J connectivity index is 2.78. The molecule has 7 heteroatoms. The number of fused-ring (bicyclic) bond motifs is 1. The molecule has 0 saturated heterocycles. The molecule has 2 rings (SSSR count). The third-order valence-electron chi connectivity index (χ3n) is 2.37. The fourth-order valence-corrected chi connectivity index (χ4v) is 1.58. The molecule has 88 valence electrons. The van der Waals surface area contributed by atoms with Crippen LogP contribution in [-0.2, 0) is 0 Å². The second-order valence-electron chi connectivity index (χ2n) is 3.37. The summed E-state index contributed by atoms with van der Waals surface area (Å²) >= 11 is 0. The van der Waals surface area contributed by atoms with Crippen LogP contribution in [0, 0.1) is 0 Å². The Morgan fingerprint density at radius 1 is 1.35 bits per heavy atom. The Kier molecular flexibility index (Phi) is 2.43. The van der Waals surface area contributed by atoms with Gasteiger partial charge in [-0.05, 0) is 6.07 Å². The third kappa shape index (κ3) is 1.67. The van der Waals surface area contributed by atoms with Gasteiger partial charge in [-0.25, -0.2) is 4.98 Å². The molecule has 0 aliphatic heterocycles. The summed E-state index contributed by atoms with van der Waals surface area (Å²) in [6.45, 7) is 0. The first kappa shape index (κ1) is 10.9. The van der Waals surface area contributed by atoms with Gasteiger partial charge in [-0.3, -0.25) is 9.59 Å². The molecule has 0 aromatic carbocycles. The first-order valence-electron chi connectivity index (χ1n) is 4.69. The number of carbonyl (C=O) groups excluding carboxylic acids is 2. The van der Waals surface area contributed by atoms with Crippen molar-refractivity contribution in [1.82, 2.24) is 9.71 Å². The third-order valence-corrected chi connectivity index (χ3v) is 2.37. The quantitative estimate of drug-likeness (QED) is 0.730. The van der Waals surface area contributed by atoms with E-state index in [0.717, 1.165) is 0 Å². The van der Waals surface area contributed by atoms with Crippen LogP contribution in [0.25, 0.3) is 10.9 Å². The van der Waals surface area contributed by atoms with E-state index < -0.39 is 11.8 Å². The van der Waals surface area contributed by atoms with E-state index in [1.54, 1.807) is 0 Å². The highest BCUT2D eigenvalue weighted by Crippen LogP contribution is 2.20. The summed E-state index contributed by atoms with van der Waals surface area (Å²) in [5.41, 5.74) is 11.2. The molecule has 17 heavy (non-hydrogen) atoms. The van der Waals surface area contributed by atoms with Gasteiger partial charge in [0.25, 0.3) is 11.8 Å². The molecule has 4 N–H and O–H groups in total. The summed E-state index contributed by atoms with van der Waals surface area (Å²) in [5, 5.41) is 0.475. The predicted molar refractivity (Wildman–Crippen MR) is 59.3 cm³/mol. The summed E-state index contributed by atoms with van der Waals surface area (Å²) in [5.74, 6) is -1.29. The van der Waals surface area contributed by atoms with Crippen LogP contribution in [0.2, 0.25) is 0 Å². The van der Waals surface area contributed by atoms with Crippen LogP contribution in [0.1, 0.15) is 20.8 Å². The van der Waals surface area contributed by atoms with Gasteiger partial charge in [0.2, 0.25) is 0 Å². The summed E-state index contributed by atoms with van der Waals surface area (Å²) in [6, 6.07) is 1.41. The fourth-order valence-electron chi connectivity index (χ4n) is 1.58. The van der Waals surface area contributed by atoms with Crippen molar-refractivity contribution in [3.63, 3.8) is 0 Å². The van der Waals surface area contributed by atoms with E-state index in [2.05, 4.69) is 4.98 Å². The Labute approximate surface area is 95.9 Å². The van der Waals surface area contributed by atoms with Crippen molar-refractivity contribution >= 4 is 22.7 Å². The van der Waals surface area contributed by atoms with Crippen LogP contribution >= 0.6 is 0 Å². The minimum atomic E-state index is -0.674. The molecule has 2 heterocycles. The van der Waals surface area contributed by atoms with Gasteiger partial charge in [-0.15, -0.1) is 0 Å². The van der Waals surface area contributed by atoms with Crippen molar-refractivity contribution < 1.29 is 14.4 Å². The molecule has 0 saturated carbocycles. The molecule has 0 atom stereocenters. The van der Waals surface area contributed by atoms with E-state index in [0.29, 0.717) is 10.9 Å². The lowest BCUT2D eigenvalue weighted by atomic mass is 10.2. The molecule has 2 aromatic heterocycles. The van der Waals surface area contributed by atoms with Crippen LogP contribution in [0.3, 0.4) is 0 Å². The van der Waals surface area contributed by atoms with Crippen LogP contribution in [0.5, 0.6) is 0 Å². The zero-order valence-corrected chi connectivity index (χ0v) is 9.01. The van der Waals surface area contributed by atoms with Crippen LogP contribution < -0.4 is 16.3 Å². The molecular formula is C10H10N4O3. The predicted octanol–water partition coefficient (Wildman–Crippen LogP) is -0.708. The van der Waals surface area contributed by atoms with Gasteiger partial charge in [0.05, 0.1) is 18.0 Å². The van der Waals surface area contributed by atoms with Crippen molar-refractivity contribution in [3.8, 4) is 0 Å². The molecule has 0 aliphatic carbocycles. The average molecular weight is 234 g/mol. The van der Waals surface area contributed by atoms with Crippen LogP contribution in [0.4, 0.5) is 0 Å². The highest BCUT2D eigenvalue weighted by Gasteiger charge is 2.15. The molecule has 0 spiro atoms. The van der Waals surface area contributed by atoms with Gasteiger partial charge in [-0.2, -0.15) is 4.73 Å². The smallest absolute Gasteiger partial charge is 0.267 e. The average Bonchev–Trinajstić information content (AvgIpc) is 2.66. The highest BCUT2D eigenvalue weighted by atomic mass is 16.6. The number of primary amides is 2. The van der Waals surface area contributed by atoms with Crippen molar-refractivity contribution in [2.75, 3.05) is 7.11 Å². The van der Waals surface area contributed by atoms with Gasteiger partial charge in [0.15, 0.2) is 0 Å². The molecule has 2 amide bonds. The lowest BCUT2D eigenvalue weighted by Gasteiger charge is -2.01. The van der Waals surface area contributed by atoms with Gasteiger partial charge < -0.3 is 16.3 Å². The number of nitrogens with two attached hydrogens (primary N) is 2. The Morgan fingerprint density at radius 2 is 2.06 bits per heavy atom. The van der Waals surface area contributed by atoms with Crippen molar-refractivity contribution in [2.24, 2.45) is 11.5 Å². The Morgan fingerprint density at radius 3 is 2.59 bits per heavy atom. The molecule has 7 nitrogen and oxygen atoms in total. The monoisotopic (exact) mass is 234 g/mol. The normalized spacial score (nSPS) is 10.4. The number of hydrogen-bond donors (Lipinski definition) is 2. The summed E-state index contributed by atoms with van der Waals surface area (Å²) in [4.78, 5) is 31.1. The van der Waals surface area contributed by atoms with E-state index in [4.69, 9.17) is 16.3 Å². The van der Waals surface area contributed by atoms with E-state index >= 15 is 0 Å². The Bertz CT molecular complexity index is 617. The van der Waals surface area contributed by atoms with Crippen molar-refractivity contribution in [1.29, 1.82) is 0 Å². The van der Waals surface area contributed by atoms with Crippen LogP contribution in [-0.4, -0.2) is 28.6 Å². The van der Waals surface area contributed by atoms with Crippen molar-refractivity contribution in [2.45, 2.75) is 0 Å². The van der Waals surface area contributed by atoms with Gasteiger partial charge >= 0.3 is 0 Å². The lowest BCUT2D eigenvalue weighted by Crippen LogP contribution is -2.13. The second-order valence-corrected chi connectivity index (χ2v) is 3.37. The lowest BCUT2D eigenvalue weighted by molar-refractivity contribution is 0.0988. The molecule has 2 aromatic rings. The molecule has 0 bridgehead atoms. The van der Waals surface area contributed by atoms with E-state index in [1.165, 1.54) is 30.3 Å². The topological polar surface area (TPSA) is 113 Å². The number of amides is 2. The van der Waals surface area contributed by atoms with Gasteiger partial charge in [0.1, 0.15) is 18.3 Å². The summed E-state index contributed by atoms with van der Waals surface area (Å²) < 4.78 is 1.34. The molecular weight excluding hydrogens is 224 g/mol. The second kappa shape index (κ2) is 3.78. The number of hydrogen-bond acceptors (Lipinski definition) is 4. The van der Waals surface area contributed by atoms with Gasteiger partial charge in [-0.1, -0.05) is 0 Å². The highest BCUT2D eigenvalue weighted by molar-refractivity contribution is 6.07. The molecule has 0 radical (unpaired) electrons. The standard InChI is InChI=1S/C10H10N4O3/c1-17-14-4-6(9(11)15)5-2-7(10(12)16)13-3-8(5)14/h2-4H,1H3,(H2,11,15)(H2,12,16). The summed E-state index contributed by atoms with van der Waals surface area (Å²) in [6.07, 6.45) is 2.82. The number of carbonyl (C=O) groups is 2. The number of rotatable bonds is 3. The number of aromatic nitrogens is 2. The summed E-state index contributed by atoms with van der Waals surface area (Å²) in [7, 11) is 1.44. The maximum Gasteiger partial charge on any atom is 0.267 e. The van der Waals surface area contributed by atoms with Crippen molar-refractivity contribution in [3.05, 3.63) is 29.7 Å². The molecule has 0 fully saturated rings. The fraction of sp³-hybridized carbons (Fsp3) is 0.100.